The minimum atomic E-state index is -0.583. The highest BCUT2D eigenvalue weighted by Crippen LogP contribution is 2.23. The summed E-state index contributed by atoms with van der Waals surface area (Å²) in [6.45, 7) is 0.754. The van der Waals surface area contributed by atoms with Gasteiger partial charge < -0.3 is 14.5 Å². The van der Waals surface area contributed by atoms with Crippen LogP contribution in [0.5, 0.6) is 0 Å². The lowest BCUT2D eigenvalue weighted by atomic mass is 10.3. The quantitative estimate of drug-likeness (QED) is 0.441. The molecule has 142 valence electrons. The number of thioether (sulfide) groups is 1. The summed E-state index contributed by atoms with van der Waals surface area (Å²) in [5, 5.41) is 2.97. The first-order valence-corrected chi connectivity index (χ1v) is 9.16. The van der Waals surface area contributed by atoms with Crippen molar-refractivity contribution in [2.75, 3.05) is 24.8 Å². The van der Waals surface area contributed by atoms with Gasteiger partial charge in [-0.25, -0.2) is 9.78 Å². The molecule has 3 rings (SSSR count). The molecule has 2 heterocycles. The number of nitrogens with one attached hydrogen (secondary N) is 2. The van der Waals surface area contributed by atoms with Gasteiger partial charge in [0.05, 0.1) is 5.75 Å². The number of nitrogens with zero attached hydrogens (tertiary/aromatic N) is 2. The number of carbonyl (C=O) groups excluding carboxylic acids is 1. The van der Waals surface area contributed by atoms with Crippen molar-refractivity contribution in [1.82, 2.24) is 14.5 Å². The highest BCUT2D eigenvalue weighted by Gasteiger charge is 2.12. The molecule has 0 bridgehead atoms. The van der Waals surface area contributed by atoms with Gasteiger partial charge in [-0.15, -0.1) is 0 Å². The minimum absolute atomic E-state index is 0.0197. The van der Waals surface area contributed by atoms with E-state index in [9.17, 15) is 14.4 Å². The predicted octanol–water partition coefficient (Wildman–Crippen LogP) is 1.45. The molecule has 2 aromatic heterocycles. The largest absolute Gasteiger partial charge is 0.431 e. The zero-order valence-electron chi connectivity index (χ0n) is 14.6. The maximum Gasteiger partial charge on any atom is 0.329 e. The second-order valence-electron chi connectivity index (χ2n) is 5.61. The van der Waals surface area contributed by atoms with Crippen LogP contribution in [0, 0.1) is 0 Å². The molecular formula is C17H18N4O5S. The highest BCUT2D eigenvalue weighted by atomic mass is 32.2. The van der Waals surface area contributed by atoms with Crippen molar-refractivity contribution >= 4 is 34.6 Å². The third-order valence-corrected chi connectivity index (χ3v) is 4.46. The normalized spacial score (nSPS) is 11.0. The van der Waals surface area contributed by atoms with E-state index in [0.29, 0.717) is 35.9 Å². The van der Waals surface area contributed by atoms with Crippen LogP contribution in [0.4, 0.5) is 5.82 Å². The second-order valence-corrected chi connectivity index (χ2v) is 6.53. The number of hydrogen-bond donors (Lipinski definition) is 2. The van der Waals surface area contributed by atoms with E-state index in [1.807, 2.05) is 18.2 Å². The van der Waals surface area contributed by atoms with Crippen LogP contribution in [0.25, 0.3) is 11.1 Å². The Morgan fingerprint density at radius 1 is 1.37 bits per heavy atom. The molecule has 1 aromatic carbocycles. The standard InChI is InChI=1S/C17H18N4O5S/c1-25-8-4-7-21-13(9-14(22)20-16(21)24)19-15(23)10-27-17-18-11-5-2-3-6-12(11)26-17/h2-3,5-6,9H,4,7-8,10H2,1H3,(H,19,23)(H,20,22,24). The Balaban J connectivity index is 1.67. The summed E-state index contributed by atoms with van der Waals surface area (Å²) in [4.78, 5) is 42.3. The van der Waals surface area contributed by atoms with Crippen molar-refractivity contribution in [3.8, 4) is 0 Å². The smallest absolute Gasteiger partial charge is 0.329 e. The van der Waals surface area contributed by atoms with Gasteiger partial charge in [0.2, 0.25) is 5.91 Å². The third-order valence-electron chi connectivity index (χ3n) is 3.63. The molecule has 3 aromatic rings. The van der Waals surface area contributed by atoms with E-state index in [1.165, 1.54) is 10.6 Å². The molecular weight excluding hydrogens is 372 g/mol. The van der Waals surface area contributed by atoms with Crippen molar-refractivity contribution in [2.24, 2.45) is 0 Å². The molecule has 0 atom stereocenters. The fraction of sp³-hybridized carbons (Fsp3) is 0.294. The van der Waals surface area contributed by atoms with Crippen molar-refractivity contribution in [2.45, 2.75) is 18.2 Å². The third kappa shape index (κ3) is 4.86. The van der Waals surface area contributed by atoms with Crippen molar-refractivity contribution < 1.29 is 13.9 Å². The summed E-state index contributed by atoms with van der Waals surface area (Å²) in [5.74, 6) is -0.220. The van der Waals surface area contributed by atoms with E-state index >= 15 is 0 Å². The maximum atomic E-state index is 12.3. The van der Waals surface area contributed by atoms with Crippen LogP contribution < -0.4 is 16.6 Å². The lowest BCUT2D eigenvalue weighted by molar-refractivity contribution is -0.113. The summed E-state index contributed by atoms with van der Waals surface area (Å²) in [5.41, 5.74) is 0.189. The molecule has 0 saturated carbocycles. The fourth-order valence-electron chi connectivity index (χ4n) is 2.43. The zero-order valence-corrected chi connectivity index (χ0v) is 15.4. The van der Waals surface area contributed by atoms with Crippen molar-refractivity contribution in [1.29, 1.82) is 0 Å². The number of amides is 1. The van der Waals surface area contributed by atoms with Crippen molar-refractivity contribution in [3.63, 3.8) is 0 Å². The summed E-state index contributed by atoms with van der Waals surface area (Å²) >= 11 is 1.13. The van der Waals surface area contributed by atoms with Gasteiger partial charge in [-0.2, -0.15) is 0 Å². The number of rotatable bonds is 8. The molecule has 1 amide bonds. The monoisotopic (exact) mass is 390 g/mol. The molecule has 0 aliphatic heterocycles. The van der Waals surface area contributed by atoms with E-state index in [-0.39, 0.29) is 17.5 Å². The Morgan fingerprint density at radius 2 is 2.19 bits per heavy atom. The van der Waals surface area contributed by atoms with E-state index in [2.05, 4.69) is 15.3 Å². The fourth-order valence-corrected chi connectivity index (χ4v) is 3.07. The molecule has 0 saturated heterocycles. The van der Waals surface area contributed by atoms with Gasteiger partial charge in [0.15, 0.2) is 5.58 Å². The Labute approximate surface area is 157 Å². The molecule has 0 fully saturated rings. The highest BCUT2D eigenvalue weighted by molar-refractivity contribution is 7.99. The number of methoxy groups -OCH3 is 1. The number of oxazole rings is 1. The summed E-state index contributed by atoms with van der Waals surface area (Å²) in [6.07, 6.45) is 0.559. The number of aromatic amines is 1. The van der Waals surface area contributed by atoms with E-state index < -0.39 is 11.2 Å². The van der Waals surface area contributed by atoms with E-state index in [1.54, 1.807) is 13.2 Å². The first kappa shape index (κ1) is 18.9. The summed E-state index contributed by atoms with van der Waals surface area (Å²) in [7, 11) is 1.56. The molecule has 0 radical (unpaired) electrons. The summed E-state index contributed by atoms with van der Waals surface area (Å²) < 4.78 is 11.8. The lowest BCUT2D eigenvalue weighted by Gasteiger charge is -2.12. The topological polar surface area (TPSA) is 119 Å². The maximum absolute atomic E-state index is 12.3. The Morgan fingerprint density at radius 3 is 2.96 bits per heavy atom. The van der Waals surface area contributed by atoms with Crippen LogP contribution in [0.2, 0.25) is 0 Å². The average molecular weight is 390 g/mol. The first-order chi connectivity index (χ1) is 13.1. The average Bonchev–Trinajstić information content (AvgIpc) is 3.05. The van der Waals surface area contributed by atoms with Crippen LogP contribution in [-0.4, -0.2) is 39.9 Å². The molecule has 0 aliphatic rings. The number of aromatic nitrogens is 3. The van der Waals surface area contributed by atoms with E-state index in [0.717, 1.165) is 11.8 Å². The number of H-pyrrole nitrogens is 1. The number of para-hydroxylation sites is 2. The Kier molecular flexibility index (Phi) is 6.09. The van der Waals surface area contributed by atoms with E-state index in [4.69, 9.17) is 9.15 Å². The SMILES string of the molecule is COCCCn1c(NC(=O)CSc2nc3ccccc3o2)cc(=O)[nH]c1=O. The Bertz CT molecular complexity index is 1020. The van der Waals surface area contributed by atoms with Gasteiger partial charge in [-0.1, -0.05) is 23.9 Å². The molecule has 27 heavy (non-hydrogen) atoms. The molecule has 0 spiro atoms. The van der Waals surface area contributed by atoms with Crippen LogP contribution >= 0.6 is 11.8 Å². The van der Waals surface area contributed by atoms with Gasteiger partial charge >= 0.3 is 5.69 Å². The summed E-state index contributed by atoms with van der Waals surface area (Å²) in [6, 6.07) is 8.47. The van der Waals surface area contributed by atoms with Gasteiger partial charge in [-0.3, -0.25) is 19.1 Å². The second kappa shape index (κ2) is 8.69. The van der Waals surface area contributed by atoms with Crippen LogP contribution in [-0.2, 0) is 16.1 Å². The number of anilines is 1. The molecule has 0 unspecified atom stereocenters. The zero-order chi connectivity index (χ0) is 19.2. The van der Waals surface area contributed by atoms with Crippen LogP contribution in [0.1, 0.15) is 6.42 Å². The first-order valence-electron chi connectivity index (χ1n) is 8.18. The molecule has 0 aliphatic carbocycles. The number of hydrogen-bond acceptors (Lipinski definition) is 7. The predicted molar refractivity (Wildman–Crippen MR) is 101 cm³/mol. The van der Waals surface area contributed by atoms with Gasteiger partial charge in [0, 0.05) is 26.3 Å². The Hall–Kier alpha value is -2.85. The van der Waals surface area contributed by atoms with Gasteiger partial charge in [0.25, 0.3) is 10.8 Å². The number of ether oxygens (including phenoxy) is 1. The molecule has 2 N–H and O–H groups in total. The van der Waals surface area contributed by atoms with Gasteiger partial charge in [-0.05, 0) is 18.6 Å². The number of fused-ring (bicyclic) bond motifs is 1. The molecule has 10 heteroatoms. The molecule has 9 nitrogen and oxygen atoms in total. The van der Waals surface area contributed by atoms with Gasteiger partial charge in [0.1, 0.15) is 11.3 Å². The van der Waals surface area contributed by atoms with Crippen molar-refractivity contribution in [3.05, 3.63) is 51.2 Å². The number of carbonyl (C=O) groups is 1. The lowest BCUT2D eigenvalue weighted by Crippen LogP contribution is -2.33. The minimum Gasteiger partial charge on any atom is -0.431 e. The van der Waals surface area contributed by atoms with Crippen LogP contribution in [0.3, 0.4) is 0 Å². The van der Waals surface area contributed by atoms with Crippen LogP contribution in [0.15, 0.2) is 49.6 Å². The number of benzene rings is 1.